The number of rotatable bonds is 4. The van der Waals surface area contributed by atoms with Crippen molar-refractivity contribution in [2.45, 2.75) is 13.3 Å². The molecule has 0 aliphatic carbocycles. The van der Waals surface area contributed by atoms with E-state index in [0.29, 0.717) is 22.5 Å². The molecule has 0 spiro atoms. The molecule has 24 heavy (non-hydrogen) atoms. The summed E-state index contributed by atoms with van der Waals surface area (Å²) in [5.41, 5.74) is 2.68. The van der Waals surface area contributed by atoms with Crippen LogP contribution in [0.3, 0.4) is 0 Å². The van der Waals surface area contributed by atoms with Crippen LogP contribution in [0.5, 0.6) is 5.75 Å². The van der Waals surface area contributed by atoms with Crippen LogP contribution in [0.15, 0.2) is 53.3 Å². The molecule has 1 amide bonds. The van der Waals surface area contributed by atoms with E-state index in [-0.39, 0.29) is 11.5 Å². The fourth-order valence-electron chi connectivity index (χ4n) is 2.67. The summed E-state index contributed by atoms with van der Waals surface area (Å²) in [6.07, 6.45) is 0.774. The van der Waals surface area contributed by atoms with Crippen molar-refractivity contribution >= 4 is 22.5 Å². The predicted octanol–water partition coefficient (Wildman–Crippen LogP) is 3.35. The van der Waals surface area contributed by atoms with Crippen LogP contribution in [0, 0.1) is 0 Å². The third-order valence-corrected chi connectivity index (χ3v) is 3.90. The molecule has 0 atom stereocenters. The van der Waals surface area contributed by atoms with Crippen LogP contribution in [0.1, 0.15) is 22.8 Å². The van der Waals surface area contributed by atoms with E-state index in [1.807, 2.05) is 19.1 Å². The average Bonchev–Trinajstić information content (AvgIpc) is 2.60. The zero-order valence-electron chi connectivity index (χ0n) is 13.6. The van der Waals surface area contributed by atoms with Crippen LogP contribution >= 0.6 is 0 Å². The van der Waals surface area contributed by atoms with Gasteiger partial charge in [-0.2, -0.15) is 0 Å². The first kappa shape index (κ1) is 15.8. The van der Waals surface area contributed by atoms with E-state index < -0.39 is 0 Å². The molecule has 0 aliphatic heterocycles. The monoisotopic (exact) mass is 322 g/mol. The Morgan fingerprint density at radius 1 is 1.17 bits per heavy atom. The van der Waals surface area contributed by atoms with Crippen molar-refractivity contribution in [2.75, 3.05) is 12.4 Å². The number of aryl methyl sites for hydroxylation is 1. The lowest BCUT2D eigenvalue weighted by atomic mass is 10.1. The number of fused-ring (bicyclic) bond motifs is 1. The van der Waals surface area contributed by atoms with Crippen LogP contribution in [0.2, 0.25) is 0 Å². The minimum absolute atomic E-state index is 0.143. The van der Waals surface area contributed by atoms with Gasteiger partial charge in [-0.3, -0.25) is 9.59 Å². The summed E-state index contributed by atoms with van der Waals surface area (Å²) in [4.78, 5) is 26.9. The van der Waals surface area contributed by atoms with Crippen LogP contribution in [-0.4, -0.2) is 18.0 Å². The highest BCUT2D eigenvalue weighted by Crippen LogP contribution is 2.21. The summed E-state index contributed by atoms with van der Waals surface area (Å²) >= 11 is 0. The number of nitrogens with one attached hydrogen (secondary N) is 2. The number of methoxy groups -OCH3 is 1. The van der Waals surface area contributed by atoms with E-state index in [0.717, 1.165) is 17.4 Å². The van der Waals surface area contributed by atoms with Gasteiger partial charge in [-0.1, -0.05) is 19.1 Å². The highest BCUT2D eigenvalue weighted by atomic mass is 16.5. The maximum Gasteiger partial charge on any atom is 0.255 e. The van der Waals surface area contributed by atoms with Gasteiger partial charge in [-0.05, 0) is 42.3 Å². The summed E-state index contributed by atoms with van der Waals surface area (Å²) in [6.45, 7) is 2.01. The molecule has 5 heteroatoms. The molecule has 122 valence electrons. The molecule has 0 fully saturated rings. The third-order valence-electron chi connectivity index (χ3n) is 3.90. The molecule has 3 rings (SSSR count). The van der Waals surface area contributed by atoms with Gasteiger partial charge in [0, 0.05) is 22.7 Å². The number of aromatic nitrogens is 1. The van der Waals surface area contributed by atoms with Crippen molar-refractivity contribution in [3.05, 3.63) is 70.0 Å². The van der Waals surface area contributed by atoms with Crippen LogP contribution < -0.4 is 15.6 Å². The predicted molar refractivity (Wildman–Crippen MR) is 94.9 cm³/mol. The number of ether oxygens (including phenoxy) is 1. The second kappa shape index (κ2) is 6.58. The van der Waals surface area contributed by atoms with E-state index >= 15 is 0 Å². The Morgan fingerprint density at radius 3 is 2.75 bits per heavy atom. The second-order valence-corrected chi connectivity index (χ2v) is 5.46. The fraction of sp³-hybridized carbons (Fsp3) is 0.158. The molecule has 0 unspecified atom stereocenters. The molecular weight excluding hydrogens is 304 g/mol. The van der Waals surface area contributed by atoms with E-state index in [1.165, 1.54) is 0 Å². The van der Waals surface area contributed by atoms with Crippen LogP contribution in [-0.2, 0) is 6.42 Å². The summed E-state index contributed by atoms with van der Waals surface area (Å²) in [6, 6.07) is 14.1. The maximum absolute atomic E-state index is 12.4. The minimum atomic E-state index is -0.234. The van der Waals surface area contributed by atoms with Crippen molar-refractivity contribution in [1.29, 1.82) is 0 Å². The number of carbonyl (C=O) groups is 1. The Hall–Kier alpha value is -3.08. The Morgan fingerprint density at radius 2 is 2.00 bits per heavy atom. The number of aromatic amines is 1. The lowest BCUT2D eigenvalue weighted by Crippen LogP contribution is -2.12. The highest BCUT2D eigenvalue weighted by molar-refractivity contribution is 6.05. The summed E-state index contributed by atoms with van der Waals surface area (Å²) in [5, 5.41) is 3.82. The number of hydrogen-bond acceptors (Lipinski definition) is 3. The Kier molecular flexibility index (Phi) is 4.33. The standard InChI is InChI=1S/C19H18N2O3/c1-3-12-10-18(22)21-17-11-14(7-8-16(12)17)20-19(23)13-5-4-6-15(9-13)24-2/h4-11H,3H2,1-2H3,(H,20,23)(H,21,22). The number of hydrogen-bond donors (Lipinski definition) is 2. The van der Waals surface area contributed by atoms with Crippen LogP contribution in [0.25, 0.3) is 10.9 Å². The molecule has 1 heterocycles. The Bertz CT molecular complexity index is 960. The topological polar surface area (TPSA) is 71.2 Å². The van der Waals surface area contributed by atoms with E-state index in [9.17, 15) is 9.59 Å². The molecule has 2 N–H and O–H groups in total. The van der Waals surface area contributed by atoms with Gasteiger partial charge in [0.05, 0.1) is 12.6 Å². The molecule has 3 aromatic rings. The fourth-order valence-corrected chi connectivity index (χ4v) is 2.67. The number of carbonyl (C=O) groups excluding carboxylic acids is 1. The molecule has 5 nitrogen and oxygen atoms in total. The number of anilines is 1. The molecular formula is C19H18N2O3. The quantitative estimate of drug-likeness (QED) is 0.774. The van der Waals surface area contributed by atoms with Gasteiger partial charge in [-0.25, -0.2) is 0 Å². The molecule has 0 aliphatic rings. The van der Waals surface area contributed by atoms with Gasteiger partial charge < -0.3 is 15.0 Å². The molecule has 0 radical (unpaired) electrons. The zero-order valence-corrected chi connectivity index (χ0v) is 13.6. The average molecular weight is 322 g/mol. The summed E-state index contributed by atoms with van der Waals surface area (Å²) < 4.78 is 5.13. The van der Waals surface area contributed by atoms with Crippen LogP contribution in [0.4, 0.5) is 5.69 Å². The third kappa shape index (κ3) is 3.15. The highest BCUT2D eigenvalue weighted by Gasteiger charge is 2.09. The number of amides is 1. The van der Waals surface area contributed by atoms with Gasteiger partial charge >= 0.3 is 0 Å². The zero-order chi connectivity index (χ0) is 17.1. The lowest BCUT2D eigenvalue weighted by Gasteiger charge is -2.09. The molecule has 0 bridgehead atoms. The van der Waals surface area contributed by atoms with Crippen molar-refractivity contribution < 1.29 is 9.53 Å². The van der Waals surface area contributed by atoms with Crippen molar-refractivity contribution in [2.24, 2.45) is 0 Å². The summed E-state index contributed by atoms with van der Waals surface area (Å²) in [7, 11) is 1.56. The SMILES string of the molecule is CCc1cc(=O)[nH]c2cc(NC(=O)c3cccc(OC)c3)ccc12. The summed E-state index contributed by atoms with van der Waals surface area (Å²) in [5.74, 6) is 0.389. The van der Waals surface area contributed by atoms with E-state index in [1.54, 1.807) is 43.5 Å². The maximum atomic E-state index is 12.4. The molecule has 1 aromatic heterocycles. The van der Waals surface area contributed by atoms with E-state index in [4.69, 9.17) is 4.74 Å². The number of pyridine rings is 1. The molecule has 0 saturated heterocycles. The van der Waals surface area contributed by atoms with Gasteiger partial charge in [0.25, 0.3) is 5.91 Å². The second-order valence-electron chi connectivity index (χ2n) is 5.46. The Balaban J connectivity index is 1.92. The van der Waals surface area contributed by atoms with Crippen molar-refractivity contribution in [1.82, 2.24) is 4.98 Å². The normalized spacial score (nSPS) is 10.6. The van der Waals surface area contributed by atoms with Crippen molar-refractivity contribution in [3.8, 4) is 5.75 Å². The first-order chi connectivity index (χ1) is 11.6. The lowest BCUT2D eigenvalue weighted by molar-refractivity contribution is 0.102. The van der Waals surface area contributed by atoms with Gasteiger partial charge in [0.1, 0.15) is 5.75 Å². The molecule has 2 aromatic carbocycles. The number of H-pyrrole nitrogens is 1. The van der Waals surface area contributed by atoms with E-state index in [2.05, 4.69) is 10.3 Å². The Labute approximate surface area is 139 Å². The largest absolute Gasteiger partial charge is 0.497 e. The van der Waals surface area contributed by atoms with Gasteiger partial charge in [-0.15, -0.1) is 0 Å². The van der Waals surface area contributed by atoms with Crippen molar-refractivity contribution in [3.63, 3.8) is 0 Å². The first-order valence-electron chi connectivity index (χ1n) is 7.72. The van der Waals surface area contributed by atoms with Gasteiger partial charge in [0.15, 0.2) is 0 Å². The molecule has 0 saturated carbocycles. The minimum Gasteiger partial charge on any atom is -0.497 e. The van der Waals surface area contributed by atoms with Gasteiger partial charge in [0.2, 0.25) is 5.56 Å². The first-order valence-corrected chi connectivity index (χ1v) is 7.72. The smallest absolute Gasteiger partial charge is 0.255 e. The number of benzene rings is 2.